The summed E-state index contributed by atoms with van der Waals surface area (Å²) in [5, 5.41) is 12.0. The minimum Gasteiger partial charge on any atom is -0.478 e. The van der Waals surface area contributed by atoms with Gasteiger partial charge in [0.05, 0.1) is 22.4 Å². The maximum Gasteiger partial charge on any atom is 0.336 e. The zero-order valence-electron chi connectivity index (χ0n) is 15.1. The molecule has 2 aromatic carbocycles. The zero-order chi connectivity index (χ0) is 19.4. The van der Waals surface area contributed by atoms with Crippen molar-refractivity contribution in [3.05, 3.63) is 65.2 Å². The Morgan fingerprint density at radius 1 is 0.926 bits per heavy atom. The highest BCUT2D eigenvalue weighted by Crippen LogP contribution is 2.23. The van der Waals surface area contributed by atoms with Crippen LogP contribution >= 0.6 is 0 Å². The fourth-order valence-electron chi connectivity index (χ4n) is 3.22. The van der Waals surface area contributed by atoms with Crippen molar-refractivity contribution in [2.45, 2.75) is 19.8 Å². The van der Waals surface area contributed by atoms with E-state index in [-0.39, 0.29) is 17.0 Å². The van der Waals surface area contributed by atoms with E-state index in [9.17, 15) is 19.5 Å². The molecule has 0 bridgehead atoms. The van der Waals surface area contributed by atoms with Crippen LogP contribution in [0.2, 0.25) is 0 Å². The lowest BCUT2D eigenvalue weighted by Crippen LogP contribution is -2.38. The summed E-state index contributed by atoms with van der Waals surface area (Å²) in [7, 11) is 0. The first-order valence-electron chi connectivity index (χ1n) is 8.99. The summed E-state index contributed by atoms with van der Waals surface area (Å²) in [6.45, 7) is 3.57. The molecule has 1 aliphatic heterocycles. The molecule has 2 aromatic rings. The highest BCUT2D eigenvalue weighted by molar-refractivity contribution is 6.13. The normalized spacial score (nSPS) is 14.6. The van der Waals surface area contributed by atoms with Crippen molar-refractivity contribution in [2.24, 2.45) is 5.92 Å². The number of carbonyl (C=O) groups excluding carboxylic acids is 2. The molecule has 1 fully saturated rings. The molecule has 2 N–H and O–H groups in total. The van der Waals surface area contributed by atoms with E-state index in [0.29, 0.717) is 30.3 Å². The molecular formula is C21H22N2O4. The van der Waals surface area contributed by atoms with Gasteiger partial charge >= 0.3 is 5.97 Å². The summed E-state index contributed by atoms with van der Waals surface area (Å²) in [5.74, 6) is -1.24. The predicted octanol–water partition coefficient (Wildman–Crippen LogP) is 3.51. The number of carbonyl (C=O) groups is 3. The van der Waals surface area contributed by atoms with Gasteiger partial charge in [-0.15, -0.1) is 0 Å². The van der Waals surface area contributed by atoms with Gasteiger partial charge in [-0.2, -0.15) is 0 Å². The van der Waals surface area contributed by atoms with Crippen LogP contribution < -0.4 is 5.32 Å². The standard InChI is InChI=1S/C21H22N2O4/c1-14-10-12-23(13-11-14)20(25)17-8-4-5-9-18(17)22-19(24)15-6-2-3-7-16(15)21(26)27/h2-9,14H,10-13H2,1H3,(H,22,24)(H,26,27). The Labute approximate surface area is 157 Å². The summed E-state index contributed by atoms with van der Waals surface area (Å²) in [4.78, 5) is 38.7. The van der Waals surface area contributed by atoms with Crippen LogP contribution in [0.3, 0.4) is 0 Å². The molecular weight excluding hydrogens is 344 g/mol. The number of rotatable bonds is 4. The molecule has 0 saturated carbocycles. The Kier molecular flexibility index (Phi) is 5.54. The number of nitrogens with one attached hydrogen (secondary N) is 1. The summed E-state index contributed by atoms with van der Waals surface area (Å²) in [6.07, 6.45) is 1.93. The smallest absolute Gasteiger partial charge is 0.336 e. The minimum absolute atomic E-state index is 0.0547. The van der Waals surface area contributed by atoms with E-state index >= 15 is 0 Å². The number of benzene rings is 2. The van der Waals surface area contributed by atoms with Crippen molar-refractivity contribution in [2.75, 3.05) is 18.4 Å². The van der Waals surface area contributed by atoms with Gasteiger partial charge in [-0.25, -0.2) is 4.79 Å². The highest BCUT2D eigenvalue weighted by atomic mass is 16.4. The maximum atomic E-state index is 12.9. The second kappa shape index (κ2) is 8.03. The van der Waals surface area contributed by atoms with Crippen molar-refractivity contribution in [3.8, 4) is 0 Å². The van der Waals surface area contributed by atoms with E-state index in [1.807, 2.05) is 0 Å². The Morgan fingerprint density at radius 2 is 1.48 bits per heavy atom. The Balaban J connectivity index is 1.83. The summed E-state index contributed by atoms with van der Waals surface area (Å²) < 4.78 is 0. The summed E-state index contributed by atoms with van der Waals surface area (Å²) in [5.41, 5.74) is 0.766. The number of nitrogens with zero attached hydrogens (tertiary/aromatic N) is 1. The average molecular weight is 366 g/mol. The molecule has 0 aliphatic carbocycles. The van der Waals surface area contributed by atoms with Gasteiger partial charge in [-0.3, -0.25) is 9.59 Å². The molecule has 6 nitrogen and oxygen atoms in total. The van der Waals surface area contributed by atoms with Crippen LogP contribution in [0, 0.1) is 5.92 Å². The summed E-state index contributed by atoms with van der Waals surface area (Å²) >= 11 is 0. The van der Waals surface area contributed by atoms with Gasteiger partial charge in [0.2, 0.25) is 0 Å². The van der Waals surface area contributed by atoms with Gasteiger partial charge < -0.3 is 15.3 Å². The van der Waals surface area contributed by atoms with Crippen LogP contribution in [0.4, 0.5) is 5.69 Å². The number of para-hydroxylation sites is 1. The number of aromatic carboxylic acids is 1. The topological polar surface area (TPSA) is 86.7 Å². The highest BCUT2D eigenvalue weighted by Gasteiger charge is 2.24. The maximum absolute atomic E-state index is 12.9. The fraction of sp³-hybridized carbons (Fsp3) is 0.286. The average Bonchev–Trinajstić information content (AvgIpc) is 2.68. The van der Waals surface area contributed by atoms with Crippen LogP contribution in [-0.4, -0.2) is 40.9 Å². The molecule has 140 valence electrons. The van der Waals surface area contributed by atoms with Gasteiger partial charge in [0, 0.05) is 13.1 Å². The number of likely N-dealkylation sites (tertiary alicyclic amines) is 1. The van der Waals surface area contributed by atoms with Gasteiger partial charge in [0.1, 0.15) is 0 Å². The molecule has 0 aromatic heterocycles. The molecule has 1 saturated heterocycles. The van der Waals surface area contributed by atoms with E-state index in [0.717, 1.165) is 12.8 Å². The van der Waals surface area contributed by atoms with E-state index in [1.54, 1.807) is 41.3 Å². The lowest BCUT2D eigenvalue weighted by molar-refractivity contribution is 0.0685. The third kappa shape index (κ3) is 4.16. The molecule has 3 rings (SSSR count). The van der Waals surface area contributed by atoms with Crippen LogP contribution in [0.5, 0.6) is 0 Å². The third-order valence-electron chi connectivity index (χ3n) is 4.88. The number of piperidine rings is 1. The Morgan fingerprint density at radius 3 is 2.11 bits per heavy atom. The summed E-state index contributed by atoms with van der Waals surface area (Å²) in [6, 6.07) is 12.8. The second-order valence-corrected chi connectivity index (χ2v) is 6.83. The number of hydrogen-bond acceptors (Lipinski definition) is 3. The van der Waals surface area contributed by atoms with Crippen LogP contribution in [0.15, 0.2) is 48.5 Å². The Hall–Kier alpha value is -3.15. The molecule has 0 unspecified atom stereocenters. The number of amides is 2. The monoisotopic (exact) mass is 366 g/mol. The van der Waals surface area contributed by atoms with Gasteiger partial charge in [0.15, 0.2) is 0 Å². The molecule has 2 amide bonds. The van der Waals surface area contributed by atoms with Crippen molar-refractivity contribution in [3.63, 3.8) is 0 Å². The molecule has 6 heteroatoms. The van der Waals surface area contributed by atoms with Crippen molar-refractivity contribution in [1.29, 1.82) is 0 Å². The van der Waals surface area contributed by atoms with E-state index < -0.39 is 11.9 Å². The predicted molar refractivity (Wildman–Crippen MR) is 102 cm³/mol. The van der Waals surface area contributed by atoms with Crippen LogP contribution in [0.1, 0.15) is 50.8 Å². The minimum atomic E-state index is -1.17. The lowest BCUT2D eigenvalue weighted by atomic mass is 9.98. The van der Waals surface area contributed by atoms with Crippen molar-refractivity contribution in [1.82, 2.24) is 4.90 Å². The molecule has 0 spiro atoms. The first-order chi connectivity index (χ1) is 13.0. The van der Waals surface area contributed by atoms with Crippen LogP contribution in [-0.2, 0) is 0 Å². The van der Waals surface area contributed by atoms with Gasteiger partial charge in [-0.1, -0.05) is 31.2 Å². The molecule has 1 aliphatic rings. The van der Waals surface area contributed by atoms with Crippen molar-refractivity contribution < 1.29 is 19.5 Å². The second-order valence-electron chi connectivity index (χ2n) is 6.83. The molecule has 27 heavy (non-hydrogen) atoms. The van der Waals surface area contributed by atoms with Gasteiger partial charge in [0.25, 0.3) is 11.8 Å². The van der Waals surface area contributed by atoms with E-state index in [2.05, 4.69) is 12.2 Å². The molecule has 0 radical (unpaired) electrons. The SMILES string of the molecule is CC1CCN(C(=O)c2ccccc2NC(=O)c2ccccc2C(=O)O)CC1. The molecule has 0 atom stereocenters. The lowest BCUT2D eigenvalue weighted by Gasteiger charge is -2.30. The van der Waals surface area contributed by atoms with E-state index in [1.165, 1.54) is 12.1 Å². The first kappa shape index (κ1) is 18.6. The first-order valence-corrected chi connectivity index (χ1v) is 8.99. The zero-order valence-corrected chi connectivity index (χ0v) is 15.1. The number of carboxylic acid groups (broad SMARTS) is 1. The number of carboxylic acids is 1. The fourth-order valence-corrected chi connectivity index (χ4v) is 3.22. The third-order valence-corrected chi connectivity index (χ3v) is 4.88. The van der Waals surface area contributed by atoms with Crippen LogP contribution in [0.25, 0.3) is 0 Å². The van der Waals surface area contributed by atoms with E-state index in [4.69, 9.17) is 0 Å². The Bertz CT molecular complexity index is 870. The molecule has 1 heterocycles. The van der Waals surface area contributed by atoms with Crippen molar-refractivity contribution >= 4 is 23.5 Å². The largest absolute Gasteiger partial charge is 0.478 e. The number of anilines is 1. The number of hydrogen-bond donors (Lipinski definition) is 2. The van der Waals surface area contributed by atoms with Gasteiger partial charge in [-0.05, 0) is 43.0 Å². The quantitative estimate of drug-likeness (QED) is 0.867.